The Bertz CT molecular complexity index is 516. The number of aromatic nitrogens is 2. The standard InChI is InChI=1S/C16H29N5O2/c1-6-14-11-21(9-12(2)23-14)16(22)17-8-15(19(3)4)13-7-18-20(5)10-13/h7,10,12,14-15H,6,8-9,11H2,1-5H3,(H,17,22)/t12-,14-,15-/m0/s1. The van der Waals surface area contributed by atoms with Crippen LogP contribution in [-0.2, 0) is 11.8 Å². The average Bonchev–Trinajstić information content (AvgIpc) is 2.92. The van der Waals surface area contributed by atoms with Crippen LogP contribution in [0.3, 0.4) is 0 Å². The number of carbonyl (C=O) groups excluding carboxylic acids is 1. The summed E-state index contributed by atoms with van der Waals surface area (Å²) in [5.74, 6) is 0. The van der Waals surface area contributed by atoms with E-state index in [1.54, 1.807) is 4.68 Å². The molecule has 0 bridgehead atoms. The molecule has 0 radical (unpaired) electrons. The molecule has 7 heteroatoms. The van der Waals surface area contributed by atoms with Gasteiger partial charge in [-0.15, -0.1) is 0 Å². The molecule has 1 aliphatic rings. The molecule has 0 unspecified atom stereocenters. The lowest BCUT2D eigenvalue weighted by atomic mass is 10.1. The molecule has 0 aromatic carbocycles. The van der Waals surface area contributed by atoms with Crippen LogP contribution in [-0.4, -0.2) is 71.5 Å². The Balaban J connectivity index is 1.93. The molecule has 1 fully saturated rings. The minimum absolute atomic E-state index is 0.0191. The second kappa shape index (κ2) is 7.79. The molecule has 0 saturated carbocycles. The zero-order valence-corrected chi connectivity index (χ0v) is 14.8. The van der Waals surface area contributed by atoms with Gasteiger partial charge in [-0.25, -0.2) is 4.79 Å². The Hall–Kier alpha value is -1.60. The Morgan fingerprint density at radius 1 is 1.52 bits per heavy atom. The van der Waals surface area contributed by atoms with Gasteiger partial charge in [-0.1, -0.05) is 6.92 Å². The van der Waals surface area contributed by atoms with E-state index in [0.29, 0.717) is 19.6 Å². The van der Waals surface area contributed by atoms with Crippen LogP contribution in [0.25, 0.3) is 0 Å². The number of rotatable bonds is 5. The predicted molar refractivity (Wildman–Crippen MR) is 89.2 cm³/mol. The number of likely N-dealkylation sites (N-methyl/N-ethyl adjacent to an activating group) is 1. The Labute approximate surface area is 138 Å². The van der Waals surface area contributed by atoms with Crippen molar-refractivity contribution in [1.29, 1.82) is 0 Å². The van der Waals surface area contributed by atoms with Crippen molar-refractivity contribution in [2.24, 2.45) is 7.05 Å². The smallest absolute Gasteiger partial charge is 0.317 e. The highest BCUT2D eigenvalue weighted by molar-refractivity contribution is 5.74. The lowest BCUT2D eigenvalue weighted by Crippen LogP contribution is -2.53. The average molecular weight is 323 g/mol. The number of aryl methyl sites for hydroxylation is 1. The number of amides is 2. The largest absolute Gasteiger partial charge is 0.372 e. The Morgan fingerprint density at radius 2 is 2.26 bits per heavy atom. The van der Waals surface area contributed by atoms with Crippen LogP contribution in [0.15, 0.2) is 12.4 Å². The molecule has 130 valence electrons. The lowest BCUT2D eigenvalue weighted by Gasteiger charge is -2.36. The van der Waals surface area contributed by atoms with E-state index < -0.39 is 0 Å². The fourth-order valence-corrected chi connectivity index (χ4v) is 2.94. The van der Waals surface area contributed by atoms with E-state index in [1.165, 1.54) is 0 Å². The van der Waals surface area contributed by atoms with E-state index in [2.05, 4.69) is 22.2 Å². The maximum Gasteiger partial charge on any atom is 0.317 e. The number of urea groups is 1. The van der Waals surface area contributed by atoms with Crippen LogP contribution >= 0.6 is 0 Å². The Kier molecular flexibility index (Phi) is 6.01. The van der Waals surface area contributed by atoms with E-state index in [-0.39, 0.29) is 24.3 Å². The summed E-state index contributed by atoms with van der Waals surface area (Å²) in [6, 6.07) is 0.0856. The van der Waals surface area contributed by atoms with Gasteiger partial charge >= 0.3 is 6.03 Å². The third kappa shape index (κ3) is 4.68. The first-order valence-corrected chi connectivity index (χ1v) is 8.23. The predicted octanol–water partition coefficient (Wildman–Crippen LogP) is 1.23. The summed E-state index contributed by atoms with van der Waals surface area (Å²) in [6.07, 6.45) is 4.97. The van der Waals surface area contributed by atoms with Crippen LogP contribution < -0.4 is 5.32 Å². The van der Waals surface area contributed by atoms with Gasteiger partial charge in [-0.2, -0.15) is 5.10 Å². The SMILES string of the molecule is CC[C@H]1CN(C(=O)NC[C@@H](c2cnn(C)c2)N(C)C)C[C@H](C)O1. The molecular weight excluding hydrogens is 294 g/mol. The molecule has 7 nitrogen and oxygen atoms in total. The topological polar surface area (TPSA) is 62.6 Å². The van der Waals surface area contributed by atoms with Crippen molar-refractivity contribution < 1.29 is 9.53 Å². The molecule has 1 aromatic heterocycles. The van der Waals surface area contributed by atoms with Crippen LogP contribution in [0.2, 0.25) is 0 Å². The van der Waals surface area contributed by atoms with E-state index in [4.69, 9.17) is 4.74 Å². The molecular formula is C16H29N5O2. The highest BCUT2D eigenvalue weighted by Gasteiger charge is 2.28. The van der Waals surface area contributed by atoms with Gasteiger partial charge in [0, 0.05) is 38.4 Å². The molecule has 1 aliphatic heterocycles. The summed E-state index contributed by atoms with van der Waals surface area (Å²) in [5.41, 5.74) is 1.10. The molecule has 2 rings (SSSR count). The van der Waals surface area contributed by atoms with Crippen molar-refractivity contribution in [2.45, 2.75) is 38.5 Å². The van der Waals surface area contributed by atoms with Gasteiger partial charge in [-0.05, 0) is 27.4 Å². The zero-order chi connectivity index (χ0) is 17.0. The Morgan fingerprint density at radius 3 is 2.83 bits per heavy atom. The van der Waals surface area contributed by atoms with Crippen molar-refractivity contribution in [2.75, 3.05) is 33.7 Å². The molecule has 1 saturated heterocycles. The summed E-state index contributed by atoms with van der Waals surface area (Å²) in [4.78, 5) is 16.4. The fourth-order valence-electron chi connectivity index (χ4n) is 2.94. The molecule has 2 amide bonds. The molecule has 0 spiro atoms. The maximum atomic E-state index is 12.5. The molecule has 1 N–H and O–H groups in total. The van der Waals surface area contributed by atoms with Gasteiger partial charge in [0.15, 0.2) is 0 Å². The van der Waals surface area contributed by atoms with Crippen molar-refractivity contribution in [3.05, 3.63) is 18.0 Å². The number of morpholine rings is 1. The first-order valence-electron chi connectivity index (χ1n) is 8.23. The van der Waals surface area contributed by atoms with Crippen molar-refractivity contribution in [3.63, 3.8) is 0 Å². The summed E-state index contributed by atoms with van der Waals surface area (Å²) in [6.45, 7) is 5.96. The minimum atomic E-state index is -0.0191. The van der Waals surface area contributed by atoms with Gasteiger partial charge in [0.2, 0.25) is 0 Å². The normalized spacial score (nSPS) is 23.1. The number of nitrogens with zero attached hydrogens (tertiary/aromatic N) is 4. The molecule has 2 heterocycles. The second-order valence-electron chi connectivity index (χ2n) is 6.49. The second-order valence-corrected chi connectivity index (χ2v) is 6.49. The monoisotopic (exact) mass is 323 g/mol. The number of ether oxygens (including phenoxy) is 1. The van der Waals surface area contributed by atoms with E-state index in [1.807, 2.05) is 45.4 Å². The highest BCUT2D eigenvalue weighted by atomic mass is 16.5. The maximum absolute atomic E-state index is 12.5. The van der Waals surface area contributed by atoms with Crippen molar-refractivity contribution >= 4 is 6.03 Å². The number of hydrogen-bond acceptors (Lipinski definition) is 4. The zero-order valence-electron chi connectivity index (χ0n) is 14.8. The molecule has 0 aliphatic carbocycles. The summed E-state index contributed by atoms with van der Waals surface area (Å²) < 4.78 is 7.59. The first-order chi connectivity index (χ1) is 10.9. The summed E-state index contributed by atoms with van der Waals surface area (Å²) in [5, 5.41) is 7.28. The van der Waals surface area contributed by atoms with E-state index in [0.717, 1.165) is 12.0 Å². The number of nitrogens with one attached hydrogen (secondary N) is 1. The van der Waals surface area contributed by atoms with Gasteiger partial charge in [0.1, 0.15) is 0 Å². The van der Waals surface area contributed by atoms with E-state index in [9.17, 15) is 4.79 Å². The highest BCUT2D eigenvalue weighted by Crippen LogP contribution is 2.17. The minimum Gasteiger partial charge on any atom is -0.372 e. The molecule has 23 heavy (non-hydrogen) atoms. The van der Waals surface area contributed by atoms with Crippen LogP contribution in [0, 0.1) is 0 Å². The van der Waals surface area contributed by atoms with Crippen molar-refractivity contribution in [3.8, 4) is 0 Å². The number of hydrogen-bond donors (Lipinski definition) is 1. The quantitative estimate of drug-likeness (QED) is 0.885. The molecule has 1 aromatic rings. The van der Waals surface area contributed by atoms with Crippen LogP contribution in [0.4, 0.5) is 4.79 Å². The molecule has 3 atom stereocenters. The summed E-state index contributed by atoms with van der Waals surface area (Å²) >= 11 is 0. The third-order valence-corrected chi connectivity index (χ3v) is 4.25. The first kappa shape index (κ1) is 17.7. The van der Waals surface area contributed by atoms with Gasteiger partial charge in [0.25, 0.3) is 0 Å². The van der Waals surface area contributed by atoms with Gasteiger partial charge in [-0.3, -0.25) is 4.68 Å². The number of carbonyl (C=O) groups is 1. The summed E-state index contributed by atoms with van der Waals surface area (Å²) in [7, 11) is 5.91. The van der Waals surface area contributed by atoms with Crippen LogP contribution in [0.1, 0.15) is 31.9 Å². The van der Waals surface area contributed by atoms with Gasteiger partial charge in [0.05, 0.1) is 24.4 Å². The lowest BCUT2D eigenvalue weighted by molar-refractivity contribution is -0.0646. The van der Waals surface area contributed by atoms with E-state index >= 15 is 0 Å². The third-order valence-electron chi connectivity index (χ3n) is 4.25. The van der Waals surface area contributed by atoms with Crippen molar-refractivity contribution in [1.82, 2.24) is 24.9 Å². The van der Waals surface area contributed by atoms with Gasteiger partial charge < -0.3 is 19.9 Å². The van der Waals surface area contributed by atoms with Crippen LogP contribution in [0.5, 0.6) is 0 Å². The fraction of sp³-hybridized carbons (Fsp3) is 0.750.